The molecule has 0 aromatic heterocycles. The molecular weight excluding hydrogens is 673 g/mol. The van der Waals surface area contributed by atoms with Crippen LogP contribution in [-0.2, 0) is 32.7 Å². The molecule has 9 heteroatoms. The zero-order chi connectivity index (χ0) is 36.4. The van der Waals surface area contributed by atoms with Gasteiger partial charge in [-0.1, -0.05) is 134 Å². The largest absolute Gasteiger partial charge is 0.460 e. The second kappa shape index (κ2) is 20.5. The maximum atomic E-state index is 11.8. The molecule has 0 saturated heterocycles. The van der Waals surface area contributed by atoms with E-state index in [1.54, 1.807) is 13.8 Å². The molecule has 0 radical (unpaired) electrons. The quantitative estimate of drug-likeness (QED) is 0.0454. The molecule has 268 valence electrons. The van der Waals surface area contributed by atoms with Crippen molar-refractivity contribution in [3.63, 3.8) is 0 Å². The third kappa shape index (κ3) is 11.3. The van der Waals surface area contributed by atoms with Crippen LogP contribution in [-0.4, -0.2) is 68.2 Å². The van der Waals surface area contributed by atoms with Crippen molar-refractivity contribution in [1.29, 1.82) is 0 Å². The Bertz CT molecular complexity index is 1460. The first-order valence-electron chi connectivity index (χ1n) is 17.5. The molecule has 0 heterocycles. The van der Waals surface area contributed by atoms with Gasteiger partial charge in [-0.3, -0.25) is 0 Å². The molecule has 0 unspecified atom stereocenters. The Hall–Kier alpha value is -4.39. The van der Waals surface area contributed by atoms with E-state index in [9.17, 15) is 9.59 Å². The number of carbonyl (C=O) groups excluding carboxylic acids is 2. The van der Waals surface area contributed by atoms with Gasteiger partial charge < -0.3 is 23.1 Å². The summed E-state index contributed by atoms with van der Waals surface area (Å²) in [6.45, 7) is 12.5. The second-order valence-electron chi connectivity index (χ2n) is 12.5. The number of hydrogen-bond acceptors (Lipinski definition) is 7. The van der Waals surface area contributed by atoms with Crippen molar-refractivity contribution < 1.29 is 32.7 Å². The Morgan fingerprint density at radius 1 is 0.471 bits per heavy atom. The van der Waals surface area contributed by atoms with Gasteiger partial charge >= 0.3 is 11.9 Å². The van der Waals surface area contributed by atoms with Crippen LogP contribution in [0.4, 0.5) is 0 Å². The van der Waals surface area contributed by atoms with E-state index in [0.717, 1.165) is 24.9 Å². The van der Waals surface area contributed by atoms with E-state index in [4.69, 9.17) is 23.1 Å². The first-order valence-corrected chi connectivity index (χ1v) is 21.7. The van der Waals surface area contributed by atoms with Crippen LogP contribution in [0, 0.1) is 0 Å². The molecular formula is C42H50O7Si2. The van der Waals surface area contributed by atoms with Gasteiger partial charge in [-0.25, -0.2) is 9.59 Å². The predicted molar refractivity (Wildman–Crippen MR) is 209 cm³/mol. The third-order valence-electron chi connectivity index (χ3n) is 8.56. The molecule has 51 heavy (non-hydrogen) atoms. The minimum atomic E-state index is -2.98. The van der Waals surface area contributed by atoms with Gasteiger partial charge in [0, 0.05) is 24.4 Å². The maximum absolute atomic E-state index is 11.8. The van der Waals surface area contributed by atoms with Crippen LogP contribution >= 0.6 is 0 Å². The fourth-order valence-electron chi connectivity index (χ4n) is 6.06. The van der Waals surface area contributed by atoms with Gasteiger partial charge in [0.1, 0.15) is 13.2 Å². The summed E-state index contributed by atoms with van der Waals surface area (Å²) in [6, 6.07) is 44.2. The summed E-state index contributed by atoms with van der Waals surface area (Å²) in [5.74, 6) is -0.822. The summed E-state index contributed by atoms with van der Waals surface area (Å²) in [6.07, 6.45) is 1.51. The minimum absolute atomic E-state index is 0.179. The monoisotopic (exact) mass is 722 g/mol. The normalized spacial score (nSPS) is 11.5. The summed E-state index contributed by atoms with van der Waals surface area (Å²) in [5.41, 5.74) is 0.739. The highest BCUT2D eigenvalue weighted by Gasteiger charge is 2.49. The first kappa shape index (κ1) is 39.4. The van der Waals surface area contributed by atoms with Crippen LogP contribution in [0.3, 0.4) is 0 Å². The molecule has 4 aromatic carbocycles. The Balaban J connectivity index is 1.69. The molecule has 0 bridgehead atoms. The molecule has 4 aromatic rings. The highest BCUT2D eigenvalue weighted by Crippen LogP contribution is 2.26. The van der Waals surface area contributed by atoms with E-state index in [1.165, 1.54) is 20.7 Å². The second-order valence-corrected chi connectivity index (χ2v) is 19.9. The summed E-state index contributed by atoms with van der Waals surface area (Å²) in [7, 11) is -5.95. The predicted octanol–water partition coefficient (Wildman–Crippen LogP) is 5.57. The maximum Gasteiger partial charge on any atom is 0.333 e. The van der Waals surface area contributed by atoms with E-state index >= 15 is 0 Å². The van der Waals surface area contributed by atoms with Gasteiger partial charge in [-0.15, -0.1) is 0 Å². The average molecular weight is 723 g/mol. The lowest BCUT2D eigenvalue weighted by Gasteiger charge is -2.44. The highest BCUT2D eigenvalue weighted by molar-refractivity contribution is 7.09. The minimum Gasteiger partial charge on any atom is -0.460 e. The van der Waals surface area contributed by atoms with Gasteiger partial charge in [-0.2, -0.15) is 0 Å². The number of ether oxygens (including phenoxy) is 4. The fraction of sp³-hybridized carbons (Fsp3) is 0.286. The van der Waals surface area contributed by atoms with Crippen LogP contribution in [0.15, 0.2) is 146 Å². The average Bonchev–Trinajstić information content (AvgIpc) is 3.17. The fourth-order valence-corrected chi connectivity index (χ4v) is 17.2. The lowest BCUT2D eigenvalue weighted by atomic mass is 10.4. The molecule has 7 nitrogen and oxygen atoms in total. The zero-order valence-corrected chi connectivity index (χ0v) is 31.9. The molecule has 4 rings (SSSR count). The molecule has 0 N–H and O–H groups in total. The smallest absolute Gasteiger partial charge is 0.333 e. The Morgan fingerprint density at radius 2 is 0.765 bits per heavy atom. The number of carbonyl (C=O) groups is 2. The van der Waals surface area contributed by atoms with Crippen molar-refractivity contribution in [2.24, 2.45) is 0 Å². The third-order valence-corrected chi connectivity index (χ3v) is 18.5. The standard InChI is InChI=1S/C42H50O7Si2/c1-35(2)41(43)47-31-29-45-27-17-33-50(37-19-9-5-10-20-37,38-21-11-6-12-22-38)49-51(39-23-13-7-14-24-39,40-25-15-8-16-26-40)34-18-28-46-30-32-48-42(44)36(3)4/h5-16,19-26H,1,3,17-18,27-34H2,2,4H3. The van der Waals surface area contributed by atoms with Crippen LogP contribution < -0.4 is 20.7 Å². The summed E-state index contributed by atoms with van der Waals surface area (Å²) < 4.78 is 30.6. The molecule has 0 saturated carbocycles. The number of esters is 2. The molecule has 0 amide bonds. The lowest BCUT2D eigenvalue weighted by Crippen LogP contribution is -2.72. The van der Waals surface area contributed by atoms with Crippen LogP contribution in [0.2, 0.25) is 12.1 Å². The van der Waals surface area contributed by atoms with Crippen molar-refractivity contribution in [3.8, 4) is 0 Å². The zero-order valence-electron chi connectivity index (χ0n) is 29.9. The molecule has 0 spiro atoms. The van der Waals surface area contributed by atoms with E-state index < -0.39 is 28.6 Å². The van der Waals surface area contributed by atoms with Crippen molar-refractivity contribution in [1.82, 2.24) is 0 Å². The summed E-state index contributed by atoms with van der Waals surface area (Å²) in [5, 5.41) is 4.80. The summed E-state index contributed by atoms with van der Waals surface area (Å²) >= 11 is 0. The molecule has 0 atom stereocenters. The Morgan fingerprint density at radius 3 is 1.04 bits per heavy atom. The van der Waals surface area contributed by atoms with E-state index in [2.05, 4.69) is 110 Å². The van der Waals surface area contributed by atoms with Crippen molar-refractivity contribution in [2.45, 2.75) is 38.8 Å². The van der Waals surface area contributed by atoms with Crippen LogP contribution in [0.25, 0.3) is 0 Å². The summed E-state index contributed by atoms with van der Waals surface area (Å²) in [4.78, 5) is 23.6. The van der Waals surface area contributed by atoms with Gasteiger partial charge in [-0.05, 0) is 59.5 Å². The van der Waals surface area contributed by atoms with Gasteiger partial charge in [0.15, 0.2) is 0 Å². The molecule has 0 aliphatic carbocycles. The van der Waals surface area contributed by atoms with Crippen molar-refractivity contribution >= 4 is 49.3 Å². The first-order chi connectivity index (χ1) is 24.8. The van der Waals surface area contributed by atoms with Crippen molar-refractivity contribution in [3.05, 3.63) is 146 Å². The van der Waals surface area contributed by atoms with Crippen molar-refractivity contribution in [2.75, 3.05) is 39.6 Å². The Labute approximate surface area is 305 Å². The molecule has 0 aliphatic heterocycles. The molecule has 0 fully saturated rings. The lowest BCUT2D eigenvalue weighted by molar-refractivity contribution is -0.141. The van der Waals surface area contributed by atoms with Crippen LogP contribution in [0.1, 0.15) is 26.7 Å². The van der Waals surface area contributed by atoms with Gasteiger partial charge in [0.05, 0.1) is 13.2 Å². The van der Waals surface area contributed by atoms with Gasteiger partial charge in [0.25, 0.3) is 0 Å². The van der Waals surface area contributed by atoms with E-state index in [1.807, 2.05) is 24.3 Å². The highest BCUT2D eigenvalue weighted by atomic mass is 28.4. The number of rotatable bonds is 22. The SMILES string of the molecule is C=C(C)C(=O)OCCOCCC[Si](O[Si](CCCOCCOC(=O)C(=C)C)(c1ccccc1)c1ccccc1)(c1ccccc1)c1ccccc1. The Kier molecular flexibility index (Phi) is 15.8. The number of benzene rings is 4. The number of hydrogen-bond donors (Lipinski definition) is 0. The van der Waals surface area contributed by atoms with E-state index in [0.29, 0.717) is 37.6 Å². The van der Waals surface area contributed by atoms with E-state index in [-0.39, 0.29) is 13.2 Å². The molecule has 0 aliphatic rings. The van der Waals surface area contributed by atoms with Crippen LogP contribution in [0.5, 0.6) is 0 Å². The van der Waals surface area contributed by atoms with Gasteiger partial charge in [0.2, 0.25) is 16.6 Å². The topological polar surface area (TPSA) is 80.3 Å².